The van der Waals surface area contributed by atoms with E-state index in [-0.39, 0.29) is 0 Å². The van der Waals surface area contributed by atoms with Gasteiger partial charge in [-0.1, -0.05) is 162 Å². The van der Waals surface area contributed by atoms with E-state index in [1.165, 1.54) is 74.0 Å². The first-order valence-electron chi connectivity index (χ1n) is 25.1. The Labute approximate surface area is 428 Å². The summed E-state index contributed by atoms with van der Waals surface area (Å²) in [6.07, 6.45) is 16.3. The summed E-state index contributed by atoms with van der Waals surface area (Å²) in [5.41, 5.74) is 6.00. The first-order valence-corrected chi connectivity index (χ1v) is 28.4. The highest BCUT2D eigenvalue weighted by atomic mass is 32.1. The van der Waals surface area contributed by atoms with Gasteiger partial charge in [0.1, 0.15) is 23.0 Å². The van der Waals surface area contributed by atoms with Crippen molar-refractivity contribution >= 4 is 67.3 Å². The van der Waals surface area contributed by atoms with E-state index < -0.39 is 11.2 Å². The highest BCUT2D eigenvalue weighted by Crippen LogP contribution is 2.66. The molecule has 2 atom stereocenters. The number of carbonyl (C=O) groups is 2. The van der Waals surface area contributed by atoms with Gasteiger partial charge in [0.15, 0.2) is 23.8 Å². The Morgan fingerprint density at radius 2 is 0.786 bits per heavy atom. The van der Waals surface area contributed by atoms with Crippen LogP contribution in [-0.2, 0) is 11.2 Å². The van der Waals surface area contributed by atoms with E-state index in [0.29, 0.717) is 34.5 Å². The highest BCUT2D eigenvalue weighted by molar-refractivity contribution is 7.34. The number of fused-ring (bicyclic) bond motifs is 9. The van der Waals surface area contributed by atoms with Crippen LogP contribution in [0.3, 0.4) is 0 Å². The zero-order chi connectivity index (χ0) is 48.2. The molecule has 10 rings (SSSR count). The smallest absolute Gasteiger partial charge is 0.187 e. The lowest BCUT2D eigenvalue weighted by Crippen LogP contribution is -2.38. The molecule has 2 unspecified atom stereocenters. The van der Waals surface area contributed by atoms with E-state index in [4.69, 9.17) is 18.9 Å². The van der Waals surface area contributed by atoms with Gasteiger partial charge in [-0.05, 0) is 51.0 Å². The molecule has 10 heteroatoms. The Hall–Kier alpha value is -5.52. The van der Waals surface area contributed by atoms with Gasteiger partial charge in [-0.3, -0.25) is 9.59 Å². The largest absolute Gasteiger partial charge is 0.494 e. The van der Waals surface area contributed by atoms with E-state index in [1.807, 2.05) is 12.1 Å². The minimum atomic E-state index is -1.12. The molecule has 0 bridgehead atoms. The molecule has 70 heavy (non-hydrogen) atoms. The van der Waals surface area contributed by atoms with E-state index in [1.54, 1.807) is 22.7 Å². The molecule has 4 aromatic carbocycles. The van der Waals surface area contributed by atoms with Crippen molar-refractivity contribution in [3.05, 3.63) is 163 Å². The molecule has 8 aromatic rings. The Bertz CT molecular complexity index is 2870. The van der Waals surface area contributed by atoms with Gasteiger partial charge in [0.2, 0.25) is 0 Å². The zero-order valence-corrected chi connectivity index (χ0v) is 43.8. The molecule has 0 saturated heterocycles. The number of ether oxygens (including phenoxy) is 4. The Morgan fingerprint density at radius 1 is 0.443 bits per heavy atom. The molecule has 0 amide bonds. The maximum atomic E-state index is 12.6. The van der Waals surface area contributed by atoms with Crippen molar-refractivity contribution in [3.63, 3.8) is 0 Å². The van der Waals surface area contributed by atoms with Crippen molar-refractivity contribution in [2.75, 3.05) is 13.2 Å². The van der Waals surface area contributed by atoms with Crippen molar-refractivity contribution in [1.82, 2.24) is 0 Å². The number of carbonyl (C=O) groups excluding carboxylic acids is 2. The third-order valence-corrected chi connectivity index (χ3v) is 18.8. The average molecular weight is 1010 g/mol. The quantitative estimate of drug-likeness (QED) is 0.0498. The number of aryl methyl sites for hydroxylation is 2. The molecular formula is C60H60O6S4. The van der Waals surface area contributed by atoms with Gasteiger partial charge >= 0.3 is 0 Å². The van der Waals surface area contributed by atoms with Crippen LogP contribution in [0.25, 0.3) is 28.9 Å². The van der Waals surface area contributed by atoms with Crippen LogP contribution in [0.4, 0.5) is 0 Å². The molecule has 0 aliphatic carbocycles. The van der Waals surface area contributed by atoms with Crippen LogP contribution in [-0.4, -0.2) is 25.8 Å². The van der Waals surface area contributed by atoms with Crippen molar-refractivity contribution < 1.29 is 28.5 Å². The number of hydrogen-bond acceptors (Lipinski definition) is 10. The van der Waals surface area contributed by atoms with Crippen molar-refractivity contribution in [2.45, 2.75) is 116 Å². The Kier molecular flexibility index (Phi) is 14.5. The SMILES string of the molecule is CCCCCCCCOc1ccc(C2(c3ccc(C)cc3)Oc3cc(C=O)sc3-c3sc4c5c(sc4c32)-c2sc(C=O)cc2OC5(c2ccc(C)cc2)c2ccc(OCCCCCCCC)cc2)cc1. The highest BCUT2D eigenvalue weighted by Gasteiger charge is 2.53. The van der Waals surface area contributed by atoms with Gasteiger partial charge in [0, 0.05) is 45.5 Å². The van der Waals surface area contributed by atoms with Crippen LogP contribution in [0, 0.1) is 13.8 Å². The van der Waals surface area contributed by atoms with Gasteiger partial charge < -0.3 is 18.9 Å². The third kappa shape index (κ3) is 8.95. The third-order valence-electron chi connectivity index (χ3n) is 13.8. The molecule has 0 N–H and O–H groups in total. The maximum absolute atomic E-state index is 12.6. The van der Waals surface area contributed by atoms with Gasteiger partial charge in [-0.2, -0.15) is 0 Å². The van der Waals surface area contributed by atoms with Crippen molar-refractivity contribution in [2.24, 2.45) is 0 Å². The van der Waals surface area contributed by atoms with Crippen molar-refractivity contribution in [1.29, 1.82) is 0 Å². The standard InChI is InChI=1S/C60H60O6S4/c1-5-7-9-11-13-15-33-63-45-29-25-43(26-30-45)59(41-21-17-39(3)18-22-41)51-55(53-49(65-59)35-47(37-61)67-53)69-58-52-56(70-57(51)58)54-50(36-48(38-62)68-54)66-60(52,42-23-19-40(4)20-24-42)44-27-31-46(32-28-44)64-34-16-14-12-10-8-6-2/h17-32,35-38H,5-16,33-34H2,1-4H3. The predicted molar refractivity (Wildman–Crippen MR) is 291 cm³/mol. The number of unbranched alkanes of at least 4 members (excludes halogenated alkanes) is 10. The summed E-state index contributed by atoms with van der Waals surface area (Å²) in [6.45, 7) is 10.0. The first-order chi connectivity index (χ1) is 34.3. The second-order valence-corrected chi connectivity index (χ2v) is 23.0. The van der Waals surface area contributed by atoms with E-state index in [9.17, 15) is 9.59 Å². The summed E-state index contributed by atoms with van der Waals surface area (Å²) in [5, 5.41) is 0. The van der Waals surface area contributed by atoms with Gasteiger partial charge in [-0.15, -0.1) is 45.3 Å². The second kappa shape index (κ2) is 21.1. The number of aldehydes is 2. The topological polar surface area (TPSA) is 71.1 Å². The van der Waals surface area contributed by atoms with Crippen LogP contribution in [0.1, 0.15) is 155 Å². The van der Waals surface area contributed by atoms with Crippen molar-refractivity contribution in [3.8, 4) is 42.5 Å². The monoisotopic (exact) mass is 1000 g/mol. The summed E-state index contributed by atoms with van der Waals surface area (Å²) >= 11 is 6.43. The van der Waals surface area contributed by atoms with E-state index in [0.717, 1.165) is 123 Å². The molecule has 0 spiro atoms. The van der Waals surface area contributed by atoms with Gasteiger partial charge in [-0.25, -0.2) is 0 Å². The Morgan fingerprint density at radius 3 is 1.14 bits per heavy atom. The predicted octanol–water partition coefficient (Wildman–Crippen LogP) is 17.5. The molecule has 6 heterocycles. The fraction of sp³-hybridized carbons (Fsp3) is 0.333. The lowest BCUT2D eigenvalue weighted by Gasteiger charge is -2.39. The fourth-order valence-corrected chi connectivity index (χ4v) is 15.3. The molecule has 0 saturated carbocycles. The lowest BCUT2D eigenvalue weighted by molar-refractivity contribution is 0.111. The Balaban J connectivity index is 1.16. The lowest BCUT2D eigenvalue weighted by atomic mass is 9.76. The fourth-order valence-electron chi connectivity index (χ4n) is 10.1. The summed E-state index contributed by atoms with van der Waals surface area (Å²) in [6, 6.07) is 38.0. The van der Waals surface area contributed by atoms with Crippen LogP contribution in [0.5, 0.6) is 23.0 Å². The van der Waals surface area contributed by atoms with E-state index >= 15 is 0 Å². The summed E-state index contributed by atoms with van der Waals surface area (Å²) < 4.78 is 30.0. The number of rotatable bonds is 22. The van der Waals surface area contributed by atoms with Crippen LogP contribution in [0.15, 0.2) is 109 Å². The minimum absolute atomic E-state index is 0.605. The molecule has 360 valence electrons. The minimum Gasteiger partial charge on any atom is -0.494 e. The van der Waals surface area contributed by atoms with E-state index in [2.05, 4.69) is 125 Å². The molecule has 4 aromatic heterocycles. The summed E-state index contributed by atoms with van der Waals surface area (Å²) in [7, 11) is 0. The number of hydrogen-bond donors (Lipinski definition) is 0. The molecule has 0 fully saturated rings. The van der Waals surface area contributed by atoms with Crippen LogP contribution in [0.2, 0.25) is 0 Å². The first kappa shape index (κ1) is 48.1. The molecule has 6 nitrogen and oxygen atoms in total. The van der Waals surface area contributed by atoms with Gasteiger partial charge in [0.25, 0.3) is 0 Å². The molecular weight excluding hydrogens is 945 g/mol. The summed E-state index contributed by atoms with van der Waals surface area (Å²) in [5.74, 6) is 3.01. The molecule has 2 aliphatic heterocycles. The second-order valence-electron chi connectivity index (χ2n) is 18.8. The zero-order valence-electron chi connectivity index (χ0n) is 40.5. The van der Waals surface area contributed by atoms with Crippen LogP contribution < -0.4 is 18.9 Å². The average Bonchev–Trinajstić information content (AvgIpc) is 4.18. The summed E-state index contributed by atoms with van der Waals surface area (Å²) in [4.78, 5) is 30.4. The normalized spacial score (nSPS) is 16.7. The molecule has 2 aliphatic rings. The molecule has 0 radical (unpaired) electrons. The number of benzene rings is 4. The van der Waals surface area contributed by atoms with Gasteiger partial charge in [0.05, 0.1) is 51.9 Å². The number of thiophene rings is 4. The van der Waals surface area contributed by atoms with Crippen LogP contribution >= 0.6 is 45.3 Å². The maximum Gasteiger partial charge on any atom is 0.187 e.